The van der Waals surface area contributed by atoms with Crippen LogP contribution in [0.25, 0.3) is 0 Å². The van der Waals surface area contributed by atoms with E-state index < -0.39 is 20.5 Å². The fourth-order valence-electron chi connectivity index (χ4n) is 1.65. The topological polar surface area (TPSA) is 72.0 Å². The van der Waals surface area contributed by atoms with Crippen molar-refractivity contribution in [3.05, 3.63) is 48.0 Å². The number of halogens is 2. The lowest BCUT2D eigenvalue weighted by atomic mass is 10.3. The third-order valence-electron chi connectivity index (χ3n) is 2.72. The highest BCUT2D eigenvalue weighted by Crippen LogP contribution is 2.26. The summed E-state index contributed by atoms with van der Waals surface area (Å²) in [5, 5.41) is 2.79. The molecule has 0 fully saturated rings. The third kappa shape index (κ3) is 3.52. The van der Waals surface area contributed by atoms with E-state index in [1.165, 1.54) is 18.3 Å². The Balaban J connectivity index is 2.23. The van der Waals surface area contributed by atoms with E-state index in [4.69, 9.17) is 0 Å². The second-order valence-electron chi connectivity index (χ2n) is 4.30. The fraction of sp³-hybridized carbons (Fsp3) is 0.231. The average Bonchev–Trinajstić information content (AvgIpc) is 2.47. The maximum Gasteiger partial charge on any atom is 0.341 e. The smallest absolute Gasteiger partial charge is 0.341 e. The van der Waals surface area contributed by atoms with Gasteiger partial charge in [-0.15, -0.1) is 0 Å². The van der Waals surface area contributed by atoms with Crippen LogP contribution in [-0.2, 0) is 16.4 Å². The number of benzene rings is 1. The van der Waals surface area contributed by atoms with Crippen LogP contribution in [0, 0.1) is 6.92 Å². The Morgan fingerprint density at radius 3 is 2.52 bits per heavy atom. The lowest BCUT2D eigenvalue weighted by molar-refractivity contribution is 0.235. The fourth-order valence-corrected chi connectivity index (χ4v) is 2.56. The van der Waals surface area contributed by atoms with Crippen molar-refractivity contribution < 1.29 is 17.2 Å². The Morgan fingerprint density at radius 1 is 1.19 bits per heavy atom. The second kappa shape index (κ2) is 6.13. The summed E-state index contributed by atoms with van der Waals surface area (Å²) in [7, 11) is -4.65. The summed E-state index contributed by atoms with van der Waals surface area (Å²) in [5.41, 5.74) is 1.43. The quantitative estimate of drug-likeness (QED) is 0.917. The van der Waals surface area contributed by atoms with E-state index in [0.29, 0.717) is 5.69 Å². The molecule has 0 bridgehead atoms. The van der Waals surface area contributed by atoms with Crippen LogP contribution >= 0.6 is 0 Å². The molecule has 2 aromatic rings. The van der Waals surface area contributed by atoms with Crippen molar-refractivity contribution in [2.45, 2.75) is 24.1 Å². The molecule has 1 heterocycles. The SMILES string of the molecule is Cc1cnc(CNc2ccccc2S(=O)(=O)C(F)F)cn1. The third-order valence-corrected chi connectivity index (χ3v) is 4.16. The Morgan fingerprint density at radius 2 is 1.90 bits per heavy atom. The van der Waals surface area contributed by atoms with Gasteiger partial charge >= 0.3 is 5.76 Å². The van der Waals surface area contributed by atoms with Crippen LogP contribution in [0.3, 0.4) is 0 Å². The molecule has 2 rings (SSSR count). The number of aryl methyl sites for hydroxylation is 1. The highest BCUT2D eigenvalue weighted by molar-refractivity contribution is 7.91. The van der Waals surface area contributed by atoms with Gasteiger partial charge in [-0.3, -0.25) is 9.97 Å². The average molecular weight is 313 g/mol. The van der Waals surface area contributed by atoms with Gasteiger partial charge in [0, 0.05) is 6.20 Å². The monoisotopic (exact) mass is 313 g/mol. The Labute approximate surface area is 121 Å². The first-order chi connectivity index (χ1) is 9.91. The molecule has 0 atom stereocenters. The number of sulfone groups is 1. The Kier molecular flexibility index (Phi) is 4.46. The van der Waals surface area contributed by atoms with Gasteiger partial charge < -0.3 is 5.32 Å². The van der Waals surface area contributed by atoms with Crippen LogP contribution in [0.2, 0.25) is 0 Å². The lowest BCUT2D eigenvalue weighted by Crippen LogP contribution is -2.14. The van der Waals surface area contributed by atoms with Gasteiger partial charge in [-0.1, -0.05) is 12.1 Å². The van der Waals surface area contributed by atoms with Crippen LogP contribution in [0.4, 0.5) is 14.5 Å². The first kappa shape index (κ1) is 15.3. The molecule has 0 amide bonds. The van der Waals surface area contributed by atoms with E-state index in [9.17, 15) is 17.2 Å². The zero-order chi connectivity index (χ0) is 15.5. The first-order valence-electron chi connectivity index (χ1n) is 6.04. The number of rotatable bonds is 5. The van der Waals surface area contributed by atoms with Gasteiger partial charge in [0.2, 0.25) is 9.84 Å². The van der Waals surface area contributed by atoms with Gasteiger partial charge in [0.05, 0.1) is 34.7 Å². The Bertz CT molecular complexity index is 718. The van der Waals surface area contributed by atoms with Gasteiger partial charge in [0.25, 0.3) is 0 Å². The van der Waals surface area contributed by atoms with Crippen molar-refractivity contribution in [1.82, 2.24) is 9.97 Å². The normalized spacial score (nSPS) is 11.6. The predicted molar refractivity (Wildman–Crippen MR) is 73.7 cm³/mol. The molecule has 21 heavy (non-hydrogen) atoms. The van der Waals surface area contributed by atoms with Crippen molar-refractivity contribution >= 4 is 15.5 Å². The minimum absolute atomic E-state index is 0.111. The van der Waals surface area contributed by atoms with Crippen LogP contribution in [-0.4, -0.2) is 24.1 Å². The number of anilines is 1. The van der Waals surface area contributed by atoms with Crippen molar-refractivity contribution in [3.63, 3.8) is 0 Å². The molecule has 1 aromatic heterocycles. The van der Waals surface area contributed by atoms with E-state index in [1.54, 1.807) is 19.2 Å². The summed E-state index contributed by atoms with van der Waals surface area (Å²) in [5.74, 6) is -3.46. The van der Waals surface area contributed by atoms with Crippen molar-refractivity contribution in [1.29, 1.82) is 0 Å². The highest BCUT2D eigenvalue weighted by Gasteiger charge is 2.28. The number of nitrogens with zero attached hydrogens (tertiary/aromatic N) is 2. The van der Waals surface area contributed by atoms with Crippen molar-refractivity contribution in [2.75, 3.05) is 5.32 Å². The molecule has 0 radical (unpaired) electrons. The van der Waals surface area contributed by atoms with Gasteiger partial charge in [-0.05, 0) is 19.1 Å². The summed E-state index contributed by atoms with van der Waals surface area (Å²) in [6.07, 6.45) is 3.10. The molecule has 1 aromatic carbocycles. The molecule has 112 valence electrons. The van der Waals surface area contributed by atoms with E-state index in [0.717, 1.165) is 11.8 Å². The predicted octanol–water partition coefficient (Wildman–Crippen LogP) is 2.39. The van der Waals surface area contributed by atoms with Crippen LogP contribution < -0.4 is 5.32 Å². The van der Waals surface area contributed by atoms with Crippen LogP contribution in [0.15, 0.2) is 41.6 Å². The molecule has 0 unspecified atom stereocenters. The van der Waals surface area contributed by atoms with Crippen LogP contribution in [0.1, 0.15) is 11.4 Å². The summed E-state index contributed by atoms with van der Waals surface area (Å²) in [6.45, 7) is 1.97. The van der Waals surface area contributed by atoms with Gasteiger partial charge in [0.15, 0.2) is 0 Å². The van der Waals surface area contributed by atoms with E-state index in [-0.39, 0.29) is 12.2 Å². The first-order valence-corrected chi connectivity index (χ1v) is 7.58. The molecule has 8 heteroatoms. The van der Waals surface area contributed by atoms with Crippen molar-refractivity contribution in [2.24, 2.45) is 0 Å². The zero-order valence-corrected chi connectivity index (χ0v) is 11.9. The molecule has 0 saturated carbocycles. The molecule has 0 aliphatic rings. The lowest BCUT2D eigenvalue weighted by Gasteiger charge is -2.11. The highest BCUT2D eigenvalue weighted by atomic mass is 32.2. The number of nitrogens with one attached hydrogen (secondary N) is 1. The summed E-state index contributed by atoms with van der Waals surface area (Å²) in [6, 6.07) is 5.53. The van der Waals surface area contributed by atoms with Crippen molar-refractivity contribution in [3.8, 4) is 0 Å². The minimum Gasteiger partial charge on any atom is -0.378 e. The van der Waals surface area contributed by atoms with E-state index >= 15 is 0 Å². The second-order valence-corrected chi connectivity index (χ2v) is 6.19. The Hall–Kier alpha value is -2.09. The minimum atomic E-state index is -4.65. The van der Waals surface area contributed by atoms with Crippen LogP contribution in [0.5, 0.6) is 0 Å². The standard InChI is InChI=1S/C13H13F2N3O2S/c1-9-6-17-10(7-16-9)8-18-11-4-2-3-5-12(11)21(19,20)13(14)15/h2-7,13,18H,8H2,1H3. The number of hydrogen-bond donors (Lipinski definition) is 1. The number of alkyl halides is 2. The van der Waals surface area contributed by atoms with E-state index in [1.807, 2.05) is 0 Å². The number of hydrogen-bond acceptors (Lipinski definition) is 5. The maximum atomic E-state index is 12.6. The summed E-state index contributed by atoms with van der Waals surface area (Å²) < 4.78 is 48.5. The summed E-state index contributed by atoms with van der Waals surface area (Å²) >= 11 is 0. The van der Waals surface area contributed by atoms with Gasteiger partial charge in [-0.2, -0.15) is 8.78 Å². The summed E-state index contributed by atoms with van der Waals surface area (Å²) in [4.78, 5) is 7.72. The zero-order valence-electron chi connectivity index (χ0n) is 11.1. The molecule has 0 aliphatic heterocycles. The molecular weight excluding hydrogens is 300 g/mol. The molecule has 0 spiro atoms. The molecule has 0 saturated heterocycles. The molecule has 0 aliphatic carbocycles. The molecular formula is C13H13F2N3O2S. The number of aromatic nitrogens is 2. The van der Waals surface area contributed by atoms with Gasteiger partial charge in [0.1, 0.15) is 0 Å². The largest absolute Gasteiger partial charge is 0.378 e. The molecule has 1 N–H and O–H groups in total. The van der Waals surface area contributed by atoms with Gasteiger partial charge in [-0.25, -0.2) is 8.42 Å². The van der Waals surface area contributed by atoms with E-state index in [2.05, 4.69) is 15.3 Å². The number of para-hydroxylation sites is 1. The maximum absolute atomic E-state index is 12.6. The molecule has 5 nitrogen and oxygen atoms in total.